The molecule has 0 saturated heterocycles. The topological polar surface area (TPSA) is 61.7 Å². The van der Waals surface area contributed by atoms with Gasteiger partial charge >= 0.3 is 0 Å². The lowest BCUT2D eigenvalue weighted by molar-refractivity contribution is 0.618. The summed E-state index contributed by atoms with van der Waals surface area (Å²) in [6.07, 6.45) is 5.45. The molecule has 0 amide bonds. The zero-order valence-corrected chi connectivity index (χ0v) is 9.72. The molecular formula is C11H17N5. The summed E-state index contributed by atoms with van der Waals surface area (Å²) in [5, 5.41) is 7.65. The molecule has 2 aromatic heterocycles. The molecule has 0 aliphatic carbocycles. The average Bonchev–Trinajstić information content (AvgIpc) is 2.85. The summed E-state index contributed by atoms with van der Waals surface area (Å²) in [5.41, 5.74) is 9.29. The van der Waals surface area contributed by atoms with Gasteiger partial charge in [-0.15, -0.1) is 10.2 Å². The zero-order valence-electron chi connectivity index (χ0n) is 9.72. The third-order valence-electron chi connectivity index (χ3n) is 2.79. The molecule has 16 heavy (non-hydrogen) atoms. The van der Waals surface area contributed by atoms with Crippen LogP contribution in [0.2, 0.25) is 0 Å². The van der Waals surface area contributed by atoms with Gasteiger partial charge < -0.3 is 5.73 Å². The maximum Gasteiger partial charge on any atom is 0.139 e. The summed E-state index contributed by atoms with van der Waals surface area (Å²) >= 11 is 0. The first-order valence-corrected chi connectivity index (χ1v) is 5.47. The van der Waals surface area contributed by atoms with Gasteiger partial charge in [-0.1, -0.05) is 0 Å². The Balaban J connectivity index is 2.36. The van der Waals surface area contributed by atoms with Crippen LogP contribution in [0, 0.1) is 13.8 Å². The summed E-state index contributed by atoms with van der Waals surface area (Å²) in [7, 11) is 0. The van der Waals surface area contributed by atoms with Crippen LogP contribution >= 0.6 is 0 Å². The van der Waals surface area contributed by atoms with Crippen molar-refractivity contribution in [3.63, 3.8) is 0 Å². The van der Waals surface area contributed by atoms with Crippen LogP contribution in [0.3, 0.4) is 0 Å². The molecular weight excluding hydrogens is 202 g/mol. The Bertz CT molecular complexity index is 455. The number of hydrogen-bond acceptors (Lipinski definition) is 3. The van der Waals surface area contributed by atoms with Crippen molar-refractivity contribution < 1.29 is 0 Å². The van der Waals surface area contributed by atoms with E-state index < -0.39 is 0 Å². The summed E-state index contributed by atoms with van der Waals surface area (Å²) in [5.74, 6) is 0. The van der Waals surface area contributed by atoms with E-state index in [-0.39, 0.29) is 0 Å². The molecule has 0 fully saturated rings. The molecule has 2 N–H and O–H groups in total. The number of rotatable bonds is 4. The molecule has 0 aliphatic heterocycles. The van der Waals surface area contributed by atoms with Crippen molar-refractivity contribution >= 4 is 0 Å². The Morgan fingerprint density at radius 2 is 1.94 bits per heavy atom. The minimum atomic E-state index is 0.732. The Hall–Kier alpha value is -1.62. The van der Waals surface area contributed by atoms with E-state index in [4.69, 9.17) is 5.73 Å². The molecule has 5 heteroatoms. The largest absolute Gasteiger partial charge is 0.330 e. The molecule has 0 spiro atoms. The second-order valence-electron chi connectivity index (χ2n) is 3.94. The van der Waals surface area contributed by atoms with E-state index in [1.54, 1.807) is 12.7 Å². The van der Waals surface area contributed by atoms with Crippen LogP contribution in [-0.2, 0) is 6.42 Å². The smallest absolute Gasteiger partial charge is 0.139 e. The first-order valence-electron chi connectivity index (χ1n) is 5.47. The molecule has 0 saturated carbocycles. The average molecular weight is 219 g/mol. The van der Waals surface area contributed by atoms with E-state index in [0.29, 0.717) is 0 Å². The number of aryl methyl sites for hydroxylation is 2. The van der Waals surface area contributed by atoms with E-state index in [2.05, 4.69) is 34.8 Å². The number of nitrogens with two attached hydrogens (primary N) is 1. The van der Waals surface area contributed by atoms with Crippen molar-refractivity contribution in [2.45, 2.75) is 26.7 Å². The van der Waals surface area contributed by atoms with Gasteiger partial charge in [0.05, 0.1) is 0 Å². The van der Waals surface area contributed by atoms with Crippen molar-refractivity contribution in [1.82, 2.24) is 19.5 Å². The highest BCUT2D eigenvalue weighted by molar-refractivity contribution is 5.27. The molecule has 0 atom stereocenters. The lowest BCUT2D eigenvalue weighted by Crippen LogP contribution is -2.10. The second kappa shape index (κ2) is 4.49. The Kier molecular flexibility index (Phi) is 3.05. The highest BCUT2D eigenvalue weighted by atomic mass is 15.5. The van der Waals surface area contributed by atoms with Crippen LogP contribution < -0.4 is 5.73 Å². The van der Waals surface area contributed by atoms with Gasteiger partial charge in [0.1, 0.15) is 12.7 Å². The van der Waals surface area contributed by atoms with Crippen LogP contribution in [0.5, 0.6) is 0 Å². The minimum absolute atomic E-state index is 0.732. The summed E-state index contributed by atoms with van der Waals surface area (Å²) in [6.45, 7) is 4.92. The van der Waals surface area contributed by atoms with Crippen molar-refractivity contribution in [1.29, 1.82) is 0 Å². The maximum atomic E-state index is 5.53. The van der Waals surface area contributed by atoms with Gasteiger partial charge in [-0.2, -0.15) is 0 Å². The van der Waals surface area contributed by atoms with Gasteiger partial charge in [-0.05, 0) is 44.9 Å². The molecule has 0 aromatic carbocycles. The van der Waals surface area contributed by atoms with E-state index >= 15 is 0 Å². The SMILES string of the molecule is Cc1cc(CCCN)c(C)n1-n1cnnc1. The summed E-state index contributed by atoms with van der Waals surface area (Å²) < 4.78 is 3.99. The van der Waals surface area contributed by atoms with E-state index in [9.17, 15) is 0 Å². The van der Waals surface area contributed by atoms with E-state index in [1.165, 1.54) is 17.0 Å². The van der Waals surface area contributed by atoms with E-state index in [0.717, 1.165) is 19.4 Å². The van der Waals surface area contributed by atoms with Gasteiger partial charge in [-0.25, -0.2) is 4.68 Å². The molecule has 0 radical (unpaired) electrons. The van der Waals surface area contributed by atoms with Crippen molar-refractivity contribution in [3.8, 4) is 0 Å². The fourth-order valence-electron chi connectivity index (χ4n) is 2.02. The maximum absolute atomic E-state index is 5.53. The quantitative estimate of drug-likeness (QED) is 0.831. The van der Waals surface area contributed by atoms with Crippen molar-refractivity contribution in [2.75, 3.05) is 6.54 Å². The van der Waals surface area contributed by atoms with Crippen molar-refractivity contribution in [3.05, 3.63) is 35.7 Å². The van der Waals surface area contributed by atoms with Crippen LogP contribution in [0.4, 0.5) is 0 Å². The van der Waals surface area contributed by atoms with Gasteiger partial charge in [-0.3, -0.25) is 4.68 Å². The highest BCUT2D eigenvalue weighted by Gasteiger charge is 2.09. The summed E-state index contributed by atoms with van der Waals surface area (Å²) in [4.78, 5) is 0. The number of aromatic nitrogens is 4. The molecule has 5 nitrogen and oxygen atoms in total. The fourth-order valence-corrected chi connectivity index (χ4v) is 2.02. The zero-order chi connectivity index (χ0) is 11.5. The summed E-state index contributed by atoms with van der Waals surface area (Å²) in [6, 6.07) is 2.20. The predicted molar refractivity (Wildman–Crippen MR) is 62.1 cm³/mol. The molecule has 2 rings (SSSR count). The van der Waals surface area contributed by atoms with Crippen LogP contribution in [0.15, 0.2) is 18.7 Å². The lowest BCUT2D eigenvalue weighted by atomic mass is 10.1. The molecule has 0 aliphatic rings. The molecule has 0 unspecified atom stereocenters. The number of nitrogens with zero attached hydrogens (tertiary/aromatic N) is 4. The van der Waals surface area contributed by atoms with Gasteiger partial charge in [0, 0.05) is 11.4 Å². The monoisotopic (exact) mass is 219 g/mol. The Morgan fingerprint density at radius 3 is 2.56 bits per heavy atom. The molecule has 0 bridgehead atoms. The minimum Gasteiger partial charge on any atom is -0.330 e. The van der Waals surface area contributed by atoms with Crippen LogP contribution in [0.25, 0.3) is 0 Å². The third kappa shape index (κ3) is 1.86. The lowest BCUT2D eigenvalue weighted by Gasteiger charge is -2.09. The van der Waals surface area contributed by atoms with Gasteiger partial charge in [0.25, 0.3) is 0 Å². The third-order valence-corrected chi connectivity index (χ3v) is 2.79. The predicted octanol–water partition coefficient (Wildman–Crippen LogP) is 0.899. The van der Waals surface area contributed by atoms with Crippen molar-refractivity contribution in [2.24, 2.45) is 5.73 Å². The molecule has 2 heterocycles. The number of hydrogen-bond donors (Lipinski definition) is 1. The second-order valence-corrected chi connectivity index (χ2v) is 3.94. The first-order chi connectivity index (χ1) is 7.74. The standard InChI is InChI=1S/C11H17N5/c1-9-6-11(4-3-5-12)10(2)16(9)15-7-13-14-8-15/h6-8H,3-5,12H2,1-2H3. The normalized spacial score (nSPS) is 10.9. The Morgan fingerprint density at radius 1 is 1.25 bits per heavy atom. The Labute approximate surface area is 94.9 Å². The molecule has 86 valence electrons. The van der Waals surface area contributed by atoms with E-state index in [1.807, 2.05) is 4.68 Å². The van der Waals surface area contributed by atoms with Gasteiger partial charge in [0.2, 0.25) is 0 Å². The van der Waals surface area contributed by atoms with Crippen LogP contribution in [0.1, 0.15) is 23.4 Å². The highest BCUT2D eigenvalue weighted by Crippen LogP contribution is 2.16. The fraction of sp³-hybridized carbons (Fsp3) is 0.455. The first kappa shape index (κ1) is 10.9. The molecule has 2 aromatic rings. The van der Waals surface area contributed by atoms with Gasteiger partial charge in [0.15, 0.2) is 0 Å². The van der Waals surface area contributed by atoms with Crippen LogP contribution in [-0.4, -0.2) is 26.1 Å².